The van der Waals surface area contributed by atoms with E-state index in [1.807, 2.05) is 31.1 Å². The first-order valence-electron chi connectivity index (χ1n) is 9.01. The molecule has 3 aromatic heterocycles. The number of aromatic nitrogens is 4. The van der Waals surface area contributed by atoms with Gasteiger partial charge in [0.05, 0.1) is 11.9 Å². The number of H-pyrrole nitrogens is 1. The Morgan fingerprint density at radius 1 is 1.33 bits per heavy atom. The van der Waals surface area contributed by atoms with Gasteiger partial charge in [0.15, 0.2) is 0 Å². The van der Waals surface area contributed by atoms with Crippen LogP contribution in [0.2, 0.25) is 0 Å². The molecule has 7 nitrogen and oxygen atoms in total. The van der Waals surface area contributed by atoms with Crippen molar-refractivity contribution in [3.63, 3.8) is 0 Å². The van der Waals surface area contributed by atoms with Crippen molar-refractivity contribution in [1.82, 2.24) is 24.8 Å². The highest BCUT2D eigenvalue weighted by Crippen LogP contribution is 2.33. The number of rotatable bonds is 3. The van der Waals surface area contributed by atoms with Gasteiger partial charge < -0.3 is 15.2 Å². The Labute approximate surface area is 157 Å². The summed E-state index contributed by atoms with van der Waals surface area (Å²) in [5.74, 6) is 0.940. The van der Waals surface area contributed by atoms with E-state index in [0.29, 0.717) is 18.8 Å². The van der Waals surface area contributed by atoms with Crippen LogP contribution in [0.15, 0.2) is 36.8 Å². The number of hydrogen-bond donors (Lipinski definition) is 2. The van der Waals surface area contributed by atoms with Crippen molar-refractivity contribution in [1.29, 1.82) is 0 Å². The number of aromatic amines is 1. The molecule has 1 aliphatic rings. The van der Waals surface area contributed by atoms with Gasteiger partial charge in [0.25, 0.3) is 5.91 Å². The predicted molar refractivity (Wildman–Crippen MR) is 105 cm³/mol. The number of pyridine rings is 1. The Kier molecular flexibility index (Phi) is 4.35. The van der Waals surface area contributed by atoms with Crippen molar-refractivity contribution < 1.29 is 4.79 Å². The molecule has 0 spiro atoms. The fourth-order valence-electron chi connectivity index (χ4n) is 3.52. The fourth-order valence-corrected chi connectivity index (χ4v) is 3.52. The lowest BCUT2D eigenvalue weighted by Gasteiger charge is -2.31. The van der Waals surface area contributed by atoms with Crippen molar-refractivity contribution in [2.24, 2.45) is 5.92 Å². The van der Waals surface area contributed by atoms with Crippen molar-refractivity contribution in [2.75, 3.05) is 25.5 Å². The maximum atomic E-state index is 12.7. The summed E-state index contributed by atoms with van der Waals surface area (Å²) in [6.45, 7) is 5.19. The summed E-state index contributed by atoms with van der Waals surface area (Å²) >= 11 is 0. The van der Waals surface area contributed by atoms with Gasteiger partial charge in [0.2, 0.25) is 0 Å². The van der Waals surface area contributed by atoms with Crippen molar-refractivity contribution >= 4 is 28.3 Å². The third-order valence-electron chi connectivity index (χ3n) is 4.94. The van der Waals surface area contributed by atoms with Gasteiger partial charge in [-0.3, -0.25) is 9.78 Å². The summed E-state index contributed by atoms with van der Waals surface area (Å²) in [6, 6.07) is 4.12. The summed E-state index contributed by atoms with van der Waals surface area (Å²) in [5.41, 5.74) is 4.43. The minimum Gasteiger partial charge on any atom is -0.373 e. The van der Waals surface area contributed by atoms with Crippen LogP contribution >= 0.6 is 0 Å². The molecule has 3 aromatic rings. The maximum Gasteiger partial charge on any atom is 0.274 e. The average Bonchev–Trinajstić information content (AvgIpc) is 3.16. The number of carbonyl (C=O) groups excluding carboxylic acids is 1. The van der Waals surface area contributed by atoms with E-state index < -0.39 is 0 Å². The van der Waals surface area contributed by atoms with E-state index in [1.54, 1.807) is 12.4 Å². The second-order valence-electron chi connectivity index (χ2n) is 6.86. The molecule has 1 unspecified atom stereocenters. The van der Waals surface area contributed by atoms with E-state index in [4.69, 9.17) is 0 Å². The van der Waals surface area contributed by atoms with E-state index in [9.17, 15) is 4.79 Å². The van der Waals surface area contributed by atoms with Crippen LogP contribution in [0.25, 0.3) is 16.6 Å². The summed E-state index contributed by atoms with van der Waals surface area (Å²) in [6.07, 6.45) is 7.21. The summed E-state index contributed by atoms with van der Waals surface area (Å²) < 4.78 is 0. The van der Waals surface area contributed by atoms with E-state index in [2.05, 4.69) is 44.3 Å². The molecule has 1 amide bonds. The number of nitrogens with zero attached hydrogens (tertiary/aromatic N) is 4. The Balaban J connectivity index is 1.64. The van der Waals surface area contributed by atoms with Gasteiger partial charge in [-0.25, -0.2) is 9.97 Å². The molecule has 27 heavy (non-hydrogen) atoms. The second-order valence-corrected chi connectivity index (χ2v) is 6.86. The molecule has 4 heterocycles. The van der Waals surface area contributed by atoms with Crippen LogP contribution in [0.1, 0.15) is 28.7 Å². The lowest BCUT2D eigenvalue weighted by molar-refractivity contribution is 0.0750. The molecule has 0 bridgehead atoms. The molecule has 0 fully saturated rings. The molecule has 138 valence electrons. The fraction of sp³-hybridized carbons (Fsp3) is 0.300. The van der Waals surface area contributed by atoms with Gasteiger partial charge in [0, 0.05) is 37.9 Å². The predicted octanol–water partition coefficient (Wildman–Crippen LogP) is 2.88. The zero-order valence-corrected chi connectivity index (χ0v) is 15.7. The quantitative estimate of drug-likeness (QED) is 0.748. The van der Waals surface area contributed by atoms with Gasteiger partial charge in [-0.15, -0.1) is 0 Å². The number of nitrogens with one attached hydrogen (secondary N) is 2. The van der Waals surface area contributed by atoms with E-state index in [1.165, 1.54) is 5.57 Å². The third kappa shape index (κ3) is 3.16. The van der Waals surface area contributed by atoms with Crippen LogP contribution in [0.3, 0.4) is 0 Å². The lowest BCUT2D eigenvalue weighted by Crippen LogP contribution is -2.38. The summed E-state index contributed by atoms with van der Waals surface area (Å²) in [4.78, 5) is 30.7. The van der Waals surface area contributed by atoms with Crippen LogP contribution in [0.4, 0.5) is 5.82 Å². The van der Waals surface area contributed by atoms with Gasteiger partial charge >= 0.3 is 0 Å². The number of fused-ring (bicyclic) bond motifs is 1. The van der Waals surface area contributed by atoms with Crippen LogP contribution in [-0.4, -0.2) is 50.9 Å². The molecule has 0 saturated carbocycles. The monoisotopic (exact) mass is 362 g/mol. The average molecular weight is 362 g/mol. The number of hydrogen-bond acceptors (Lipinski definition) is 5. The van der Waals surface area contributed by atoms with Gasteiger partial charge in [-0.2, -0.15) is 0 Å². The van der Waals surface area contributed by atoms with Crippen molar-refractivity contribution in [2.45, 2.75) is 13.8 Å². The first kappa shape index (κ1) is 17.2. The van der Waals surface area contributed by atoms with Gasteiger partial charge in [0.1, 0.15) is 17.2 Å². The van der Waals surface area contributed by atoms with Crippen molar-refractivity contribution in [3.8, 4) is 0 Å². The number of anilines is 1. The minimum atomic E-state index is -0.0814. The largest absolute Gasteiger partial charge is 0.373 e. The van der Waals surface area contributed by atoms with Crippen molar-refractivity contribution in [3.05, 3.63) is 53.8 Å². The third-order valence-corrected chi connectivity index (χ3v) is 4.94. The van der Waals surface area contributed by atoms with Crippen LogP contribution < -0.4 is 5.32 Å². The highest BCUT2D eigenvalue weighted by Gasteiger charge is 2.26. The Morgan fingerprint density at radius 2 is 2.19 bits per heavy atom. The second kappa shape index (κ2) is 6.83. The molecule has 0 aromatic carbocycles. The number of amides is 1. The van der Waals surface area contributed by atoms with Gasteiger partial charge in [-0.05, 0) is 36.1 Å². The topological polar surface area (TPSA) is 86.8 Å². The molecule has 7 heteroatoms. The molecular formula is C20H22N6O. The zero-order valence-electron chi connectivity index (χ0n) is 15.7. The first-order valence-corrected chi connectivity index (χ1v) is 9.01. The van der Waals surface area contributed by atoms with E-state index >= 15 is 0 Å². The van der Waals surface area contributed by atoms with Crippen LogP contribution in [0.5, 0.6) is 0 Å². The molecule has 1 atom stereocenters. The molecule has 0 saturated heterocycles. The molecular weight excluding hydrogens is 340 g/mol. The van der Waals surface area contributed by atoms with E-state index in [0.717, 1.165) is 28.1 Å². The summed E-state index contributed by atoms with van der Waals surface area (Å²) in [5, 5.41) is 4.21. The smallest absolute Gasteiger partial charge is 0.274 e. The number of aryl methyl sites for hydroxylation is 1. The SMILES string of the molecule is CNc1cc(C2=CCN(C(=O)c3cnc(C)cn3)CC2C)c2cc[nH]c2n1. The van der Waals surface area contributed by atoms with Crippen LogP contribution in [0, 0.1) is 12.8 Å². The van der Waals surface area contributed by atoms with Crippen LogP contribution in [-0.2, 0) is 0 Å². The normalized spacial score (nSPS) is 17.1. The molecule has 2 N–H and O–H groups in total. The van der Waals surface area contributed by atoms with E-state index in [-0.39, 0.29) is 11.8 Å². The molecule has 0 radical (unpaired) electrons. The number of carbonyl (C=O) groups is 1. The maximum absolute atomic E-state index is 12.7. The summed E-state index contributed by atoms with van der Waals surface area (Å²) in [7, 11) is 1.86. The first-order chi connectivity index (χ1) is 13.1. The Bertz CT molecular complexity index is 1020. The Hall–Kier alpha value is -3.22. The zero-order chi connectivity index (χ0) is 19.0. The molecule has 4 rings (SSSR count). The minimum absolute atomic E-state index is 0.0814. The Morgan fingerprint density at radius 3 is 2.89 bits per heavy atom. The van der Waals surface area contributed by atoms with Gasteiger partial charge in [-0.1, -0.05) is 13.0 Å². The highest BCUT2D eigenvalue weighted by molar-refractivity contribution is 5.95. The highest BCUT2D eigenvalue weighted by atomic mass is 16.2. The standard InChI is InChI=1S/C20H22N6O/c1-12-11-26(20(27)17-10-23-13(2)9-24-17)7-5-14(12)16-8-18(21-3)25-19-15(16)4-6-22-19/h4-6,8-10,12H,7,11H2,1-3H3,(H2,21,22,25). The molecule has 1 aliphatic heterocycles. The molecule has 0 aliphatic carbocycles. The lowest BCUT2D eigenvalue weighted by atomic mass is 9.89.